The van der Waals surface area contributed by atoms with Crippen LogP contribution in [0.15, 0.2) is 36.4 Å². The average molecular weight is 323 g/mol. The molecule has 0 amide bonds. The molecular formula is C17H13F4NO. The van der Waals surface area contributed by atoms with Crippen molar-refractivity contribution in [2.24, 2.45) is 0 Å². The van der Waals surface area contributed by atoms with Gasteiger partial charge in [0, 0.05) is 5.56 Å². The summed E-state index contributed by atoms with van der Waals surface area (Å²) in [4.78, 5) is 0. The van der Waals surface area contributed by atoms with Gasteiger partial charge in [-0.2, -0.15) is 18.4 Å². The summed E-state index contributed by atoms with van der Waals surface area (Å²) in [7, 11) is 0. The molecule has 2 aromatic rings. The third-order valence-corrected chi connectivity index (χ3v) is 3.07. The van der Waals surface area contributed by atoms with Gasteiger partial charge in [-0.15, -0.1) is 0 Å². The van der Waals surface area contributed by atoms with Gasteiger partial charge in [-0.25, -0.2) is 4.39 Å². The minimum atomic E-state index is -4.60. The second-order valence-corrected chi connectivity index (χ2v) is 5.18. The first-order valence-corrected chi connectivity index (χ1v) is 6.80. The average Bonchev–Trinajstić information content (AvgIpc) is 2.45. The maximum Gasteiger partial charge on any atom is 0.416 e. The SMILES string of the molecule is CC(C)Oc1cc(-c2ccc(C(F)(F)F)cc2F)ccc1C#N. The van der Waals surface area contributed by atoms with Gasteiger partial charge in [0.1, 0.15) is 17.6 Å². The molecule has 0 fully saturated rings. The van der Waals surface area contributed by atoms with Gasteiger partial charge in [0.25, 0.3) is 0 Å². The molecule has 0 saturated heterocycles. The van der Waals surface area contributed by atoms with E-state index in [1.54, 1.807) is 13.8 Å². The van der Waals surface area contributed by atoms with Crippen LogP contribution in [0, 0.1) is 17.1 Å². The maximum absolute atomic E-state index is 14.0. The second-order valence-electron chi connectivity index (χ2n) is 5.18. The van der Waals surface area contributed by atoms with Crippen molar-refractivity contribution in [2.45, 2.75) is 26.1 Å². The lowest BCUT2D eigenvalue weighted by Gasteiger charge is -2.14. The van der Waals surface area contributed by atoms with Crippen LogP contribution in [-0.4, -0.2) is 6.10 Å². The molecule has 23 heavy (non-hydrogen) atoms. The van der Waals surface area contributed by atoms with Gasteiger partial charge in [0.15, 0.2) is 0 Å². The topological polar surface area (TPSA) is 33.0 Å². The summed E-state index contributed by atoms with van der Waals surface area (Å²) in [6.07, 6.45) is -4.80. The van der Waals surface area contributed by atoms with Crippen LogP contribution in [0.1, 0.15) is 25.0 Å². The summed E-state index contributed by atoms with van der Waals surface area (Å²) in [5, 5.41) is 9.04. The predicted octanol–water partition coefficient (Wildman–Crippen LogP) is 5.17. The Morgan fingerprint density at radius 3 is 2.30 bits per heavy atom. The Bertz CT molecular complexity index is 760. The maximum atomic E-state index is 14.0. The number of ether oxygens (including phenoxy) is 1. The molecule has 2 nitrogen and oxygen atoms in total. The molecule has 0 atom stereocenters. The number of halogens is 4. The van der Waals surface area contributed by atoms with E-state index in [0.717, 1.165) is 12.1 Å². The number of nitriles is 1. The number of alkyl halides is 3. The fourth-order valence-electron chi connectivity index (χ4n) is 2.06. The first kappa shape index (κ1) is 16.8. The Hall–Kier alpha value is -2.55. The van der Waals surface area contributed by atoms with Crippen LogP contribution >= 0.6 is 0 Å². The zero-order valence-corrected chi connectivity index (χ0v) is 12.4. The van der Waals surface area contributed by atoms with Crippen molar-refractivity contribution in [2.75, 3.05) is 0 Å². The fraction of sp³-hybridized carbons (Fsp3) is 0.235. The number of benzene rings is 2. The molecule has 0 saturated carbocycles. The van der Waals surface area contributed by atoms with Crippen LogP contribution in [0.2, 0.25) is 0 Å². The predicted molar refractivity (Wildman–Crippen MR) is 77.3 cm³/mol. The molecule has 6 heteroatoms. The monoisotopic (exact) mass is 323 g/mol. The number of hydrogen-bond acceptors (Lipinski definition) is 2. The van der Waals surface area contributed by atoms with Crippen molar-refractivity contribution < 1.29 is 22.3 Å². The van der Waals surface area contributed by atoms with Gasteiger partial charge < -0.3 is 4.74 Å². The lowest BCUT2D eigenvalue weighted by molar-refractivity contribution is -0.137. The van der Waals surface area contributed by atoms with Crippen molar-refractivity contribution in [3.05, 3.63) is 53.3 Å². The molecule has 0 N–H and O–H groups in total. The molecular weight excluding hydrogens is 310 g/mol. The Morgan fingerprint density at radius 2 is 1.78 bits per heavy atom. The minimum absolute atomic E-state index is 0.0103. The number of rotatable bonds is 3. The lowest BCUT2D eigenvalue weighted by Crippen LogP contribution is -2.07. The van der Waals surface area contributed by atoms with E-state index in [4.69, 9.17) is 10.00 Å². The summed E-state index contributed by atoms with van der Waals surface area (Å²) in [6.45, 7) is 3.54. The van der Waals surface area contributed by atoms with Crippen molar-refractivity contribution in [1.82, 2.24) is 0 Å². The molecule has 0 aliphatic carbocycles. The Balaban J connectivity index is 2.49. The Labute approximate surface area is 130 Å². The van der Waals surface area contributed by atoms with E-state index in [2.05, 4.69) is 0 Å². The van der Waals surface area contributed by atoms with Gasteiger partial charge in [-0.05, 0) is 43.7 Å². The second kappa shape index (κ2) is 6.29. The van der Waals surface area contributed by atoms with Crippen LogP contribution in [-0.2, 0) is 6.18 Å². The van der Waals surface area contributed by atoms with Gasteiger partial charge in [0.2, 0.25) is 0 Å². The molecule has 0 spiro atoms. The molecule has 2 rings (SSSR count). The molecule has 0 aliphatic rings. The van der Waals surface area contributed by atoms with Gasteiger partial charge in [-0.1, -0.05) is 12.1 Å². The van der Waals surface area contributed by atoms with Gasteiger partial charge >= 0.3 is 6.18 Å². The first-order valence-electron chi connectivity index (χ1n) is 6.80. The van der Waals surface area contributed by atoms with E-state index in [-0.39, 0.29) is 23.0 Å². The Morgan fingerprint density at radius 1 is 1.09 bits per heavy atom. The van der Waals surface area contributed by atoms with E-state index in [1.807, 2.05) is 6.07 Å². The number of nitrogens with zero attached hydrogens (tertiary/aromatic N) is 1. The fourth-order valence-corrected chi connectivity index (χ4v) is 2.06. The van der Waals surface area contributed by atoms with E-state index in [1.165, 1.54) is 18.2 Å². The molecule has 0 radical (unpaired) electrons. The van der Waals surface area contributed by atoms with Crippen molar-refractivity contribution >= 4 is 0 Å². The van der Waals surface area contributed by atoms with Crippen LogP contribution in [0.4, 0.5) is 17.6 Å². The van der Waals surface area contributed by atoms with Crippen LogP contribution < -0.4 is 4.74 Å². The van der Waals surface area contributed by atoms with E-state index in [9.17, 15) is 17.6 Å². The standard InChI is InChI=1S/C17H13F4NO/c1-10(2)23-16-7-11(3-4-12(16)9-22)14-6-5-13(8-15(14)18)17(19,20)21/h3-8,10H,1-2H3. The smallest absolute Gasteiger partial charge is 0.416 e. The van der Waals surface area contributed by atoms with Crippen molar-refractivity contribution in [3.63, 3.8) is 0 Å². The summed E-state index contributed by atoms with van der Waals surface area (Å²) in [5.74, 6) is -0.723. The Kier molecular flexibility index (Phi) is 4.60. The van der Waals surface area contributed by atoms with E-state index < -0.39 is 17.6 Å². The van der Waals surface area contributed by atoms with Crippen LogP contribution in [0.3, 0.4) is 0 Å². The highest BCUT2D eigenvalue weighted by Crippen LogP contribution is 2.34. The molecule has 0 bridgehead atoms. The quantitative estimate of drug-likeness (QED) is 0.730. The van der Waals surface area contributed by atoms with E-state index >= 15 is 0 Å². The summed E-state index contributed by atoms with van der Waals surface area (Å²) < 4.78 is 57.3. The highest BCUT2D eigenvalue weighted by atomic mass is 19.4. The van der Waals surface area contributed by atoms with Crippen molar-refractivity contribution in [3.8, 4) is 22.9 Å². The van der Waals surface area contributed by atoms with Gasteiger partial charge in [-0.3, -0.25) is 0 Å². The normalized spacial score (nSPS) is 11.4. The summed E-state index contributed by atoms with van der Waals surface area (Å²) >= 11 is 0. The lowest BCUT2D eigenvalue weighted by atomic mass is 10.0. The zero-order valence-electron chi connectivity index (χ0n) is 12.4. The highest BCUT2D eigenvalue weighted by molar-refractivity contribution is 5.68. The van der Waals surface area contributed by atoms with Crippen molar-refractivity contribution in [1.29, 1.82) is 5.26 Å². The molecule has 0 heterocycles. The van der Waals surface area contributed by atoms with Crippen LogP contribution in [0.25, 0.3) is 11.1 Å². The molecule has 2 aromatic carbocycles. The first-order chi connectivity index (χ1) is 10.7. The van der Waals surface area contributed by atoms with E-state index in [0.29, 0.717) is 11.6 Å². The third-order valence-electron chi connectivity index (χ3n) is 3.07. The molecule has 0 aliphatic heterocycles. The summed E-state index contributed by atoms with van der Waals surface area (Å²) in [6, 6.07) is 8.66. The third kappa shape index (κ3) is 3.81. The largest absolute Gasteiger partial charge is 0.490 e. The zero-order chi connectivity index (χ0) is 17.2. The highest BCUT2D eigenvalue weighted by Gasteiger charge is 2.31. The summed E-state index contributed by atoms with van der Waals surface area (Å²) in [5.41, 5.74) is -0.428. The number of hydrogen-bond donors (Lipinski definition) is 0. The molecule has 0 unspecified atom stereocenters. The van der Waals surface area contributed by atoms with Crippen LogP contribution in [0.5, 0.6) is 5.75 Å². The minimum Gasteiger partial charge on any atom is -0.490 e. The van der Waals surface area contributed by atoms with Gasteiger partial charge in [0.05, 0.1) is 17.2 Å². The molecule has 0 aromatic heterocycles. The molecule has 120 valence electrons.